The van der Waals surface area contributed by atoms with E-state index in [1.54, 1.807) is 0 Å². The molecule has 0 fully saturated rings. The molecule has 0 saturated carbocycles. The maximum Gasteiger partial charge on any atom is 0.272 e. The summed E-state index contributed by atoms with van der Waals surface area (Å²) in [7, 11) is 0. The smallest absolute Gasteiger partial charge is 0.191 e. The third-order valence-electron chi connectivity index (χ3n) is 5.18. The Kier molecular flexibility index (Phi) is 3.73. The van der Waals surface area contributed by atoms with Crippen molar-refractivity contribution in [2.24, 2.45) is 0 Å². The number of hydrogen-bond acceptors (Lipinski definition) is 3. The minimum atomic E-state index is -0.432. The molecule has 0 spiro atoms. The molecule has 0 amide bonds. The van der Waals surface area contributed by atoms with E-state index in [2.05, 4.69) is 29.3 Å². The normalized spacial score (nSPS) is 14.2. The van der Waals surface area contributed by atoms with Crippen LogP contribution < -0.4 is 4.57 Å². The first-order valence-corrected chi connectivity index (χ1v) is 9.21. The zero-order valence-corrected chi connectivity index (χ0v) is 15.4. The fourth-order valence-corrected chi connectivity index (χ4v) is 3.89. The minimum absolute atomic E-state index is 0.432. The molecule has 1 unspecified atom stereocenters. The summed E-state index contributed by atoms with van der Waals surface area (Å²) in [6.07, 6.45) is 1.99. The third kappa shape index (κ3) is 2.41. The molecule has 1 aliphatic rings. The molecule has 1 aliphatic heterocycles. The number of aryl methyl sites for hydroxylation is 1. The number of benzene rings is 2. The van der Waals surface area contributed by atoms with Gasteiger partial charge in [-0.1, -0.05) is 60.7 Å². The van der Waals surface area contributed by atoms with E-state index in [-0.39, 0.29) is 0 Å². The van der Waals surface area contributed by atoms with Gasteiger partial charge in [-0.05, 0) is 12.5 Å². The lowest BCUT2D eigenvalue weighted by atomic mass is 9.94. The van der Waals surface area contributed by atoms with Gasteiger partial charge in [-0.25, -0.2) is 0 Å². The maximum absolute atomic E-state index is 10.0. The summed E-state index contributed by atoms with van der Waals surface area (Å²) in [4.78, 5) is 0. The molecule has 0 aliphatic carbocycles. The van der Waals surface area contributed by atoms with Crippen LogP contribution in [-0.2, 0) is 0 Å². The largest absolute Gasteiger partial charge is 0.272 e. The van der Waals surface area contributed by atoms with Crippen molar-refractivity contribution in [3.63, 3.8) is 0 Å². The van der Waals surface area contributed by atoms with Gasteiger partial charge in [-0.2, -0.15) is 9.83 Å². The van der Waals surface area contributed by atoms with Gasteiger partial charge in [0.1, 0.15) is 17.5 Å². The molecule has 2 aromatic heterocycles. The first-order valence-electron chi connectivity index (χ1n) is 9.21. The summed E-state index contributed by atoms with van der Waals surface area (Å²) in [5, 5.41) is 19.3. The molecule has 0 N–H and O–H groups in total. The van der Waals surface area contributed by atoms with Gasteiger partial charge in [0.25, 0.3) is 6.04 Å². The Bertz CT molecular complexity index is 1220. The molecule has 0 radical (unpaired) electrons. The molecule has 0 saturated heterocycles. The molecule has 1 atom stereocenters. The van der Waals surface area contributed by atoms with Crippen molar-refractivity contribution in [2.75, 3.05) is 0 Å². The molecule has 132 valence electrons. The molecule has 4 aromatic rings. The van der Waals surface area contributed by atoms with Crippen LogP contribution in [0.3, 0.4) is 0 Å². The van der Waals surface area contributed by atoms with Crippen molar-refractivity contribution in [3.8, 4) is 39.8 Å². The van der Waals surface area contributed by atoms with Crippen LogP contribution >= 0.6 is 0 Å². The fourth-order valence-electron chi connectivity index (χ4n) is 3.89. The van der Waals surface area contributed by atoms with E-state index >= 15 is 0 Å². The highest BCUT2D eigenvalue weighted by Gasteiger charge is 2.42. The van der Waals surface area contributed by atoms with E-state index in [0.29, 0.717) is 0 Å². The number of nitriles is 1. The summed E-state index contributed by atoms with van der Waals surface area (Å²) >= 11 is 0. The standard InChI is InChI=1S/C24H17N4/c1-16-12-13-28-19(14-16)21-22(20(28)15-25)24(18-10-6-3-7-11-18)27-26-23(21)17-8-4-2-5-9-17/h2-14,20H,1H3/q+1. The van der Waals surface area contributed by atoms with E-state index in [1.807, 2.05) is 77.5 Å². The first-order chi connectivity index (χ1) is 13.8. The lowest BCUT2D eigenvalue weighted by Gasteiger charge is -2.09. The molecule has 28 heavy (non-hydrogen) atoms. The summed E-state index contributed by atoms with van der Waals surface area (Å²) in [6.45, 7) is 2.06. The van der Waals surface area contributed by atoms with Crippen molar-refractivity contribution in [1.82, 2.24) is 10.2 Å². The number of nitrogens with zero attached hydrogens (tertiary/aromatic N) is 4. The zero-order valence-electron chi connectivity index (χ0n) is 15.4. The molecular weight excluding hydrogens is 344 g/mol. The Labute approximate surface area is 163 Å². The monoisotopic (exact) mass is 361 g/mol. The van der Waals surface area contributed by atoms with Crippen molar-refractivity contribution in [1.29, 1.82) is 5.26 Å². The van der Waals surface area contributed by atoms with Crippen LogP contribution in [0.4, 0.5) is 0 Å². The molecule has 4 heteroatoms. The number of pyridine rings is 1. The Morgan fingerprint density at radius 2 is 1.46 bits per heavy atom. The van der Waals surface area contributed by atoms with Gasteiger partial charge in [-0.15, -0.1) is 10.2 Å². The van der Waals surface area contributed by atoms with Crippen LogP contribution in [-0.4, -0.2) is 10.2 Å². The van der Waals surface area contributed by atoms with Gasteiger partial charge < -0.3 is 0 Å². The average Bonchev–Trinajstić information content (AvgIpc) is 3.08. The van der Waals surface area contributed by atoms with E-state index < -0.39 is 6.04 Å². The topological polar surface area (TPSA) is 53.5 Å². The highest BCUT2D eigenvalue weighted by Crippen LogP contribution is 2.43. The molecular formula is C24H17N4+. The van der Waals surface area contributed by atoms with Crippen molar-refractivity contribution in [2.45, 2.75) is 13.0 Å². The Balaban J connectivity index is 1.89. The van der Waals surface area contributed by atoms with Gasteiger partial charge in [0.05, 0.1) is 11.1 Å². The van der Waals surface area contributed by atoms with Gasteiger partial charge in [-0.3, -0.25) is 0 Å². The number of rotatable bonds is 2. The zero-order chi connectivity index (χ0) is 19.1. The van der Waals surface area contributed by atoms with Gasteiger partial charge in [0.2, 0.25) is 5.69 Å². The van der Waals surface area contributed by atoms with E-state index in [1.165, 1.54) is 0 Å². The second-order valence-corrected chi connectivity index (χ2v) is 6.95. The average molecular weight is 361 g/mol. The quantitative estimate of drug-likeness (QED) is 0.494. The van der Waals surface area contributed by atoms with Crippen LogP contribution in [0, 0.1) is 18.3 Å². The first kappa shape index (κ1) is 16.3. The van der Waals surface area contributed by atoms with E-state index in [4.69, 9.17) is 0 Å². The molecule has 0 bridgehead atoms. The second-order valence-electron chi connectivity index (χ2n) is 6.95. The number of hydrogen-bond donors (Lipinski definition) is 0. The molecule has 4 nitrogen and oxygen atoms in total. The van der Waals surface area contributed by atoms with Crippen LogP contribution in [0.15, 0.2) is 79.0 Å². The predicted octanol–water partition coefficient (Wildman–Crippen LogP) is 4.50. The predicted molar refractivity (Wildman–Crippen MR) is 107 cm³/mol. The molecule has 2 aromatic carbocycles. The lowest BCUT2D eigenvalue weighted by molar-refractivity contribution is -0.685. The van der Waals surface area contributed by atoms with Crippen LogP contribution in [0.25, 0.3) is 33.8 Å². The summed E-state index contributed by atoms with van der Waals surface area (Å²) < 4.78 is 2.03. The van der Waals surface area contributed by atoms with Crippen LogP contribution in [0.2, 0.25) is 0 Å². The SMILES string of the molecule is Cc1cc[n+]2c(c1)-c1c(-c3ccccc3)nnc(-c3ccccc3)c1C2C#N. The fraction of sp³-hybridized carbons (Fsp3) is 0.0833. The van der Waals surface area contributed by atoms with Crippen molar-refractivity contribution < 1.29 is 4.57 Å². The third-order valence-corrected chi connectivity index (χ3v) is 5.18. The second kappa shape index (κ2) is 6.40. The Morgan fingerprint density at radius 3 is 2.11 bits per heavy atom. The highest BCUT2D eigenvalue weighted by atomic mass is 15.1. The Morgan fingerprint density at radius 1 is 0.857 bits per heavy atom. The van der Waals surface area contributed by atoms with E-state index in [0.717, 1.165) is 44.9 Å². The maximum atomic E-state index is 10.0. The Hall–Kier alpha value is -3.84. The summed E-state index contributed by atoms with van der Waals surface area (Å²) in [5.74, 6) is 0. The van der Waals surface area contributed by atoms with Gasteiger partial charge in [0.15, 0.2) is 6.20 Å². The molecule has 3 heterocycles. The highest BCUT2D eigenvalue weighted by molar-refractivity contribution is 5.86. The van der Waals surface area contributed by atoms with Crippen molar-refractivity contribution >= 4 is 0 Å². The molecule has 5 rings (SSSR count). The summed E-state index contributed by atoms with van der Waals surface area (Å²) in [5.41, 5.74) is 7.62. The summed E-state index contributed by atoms with van der Waals surface area (Å²) in [6, 6.07) is 26.2. The van der Waals surface area contributed by atoms with Gasteiger partial charge >= 0.3 is 0 Å². The minimum Gasteiger partial charge on any atom is -0.191 e. The van der Waals surface area contributed by atoms with E-state index in [9.17, 15) is 5.26 Å². The van der Waals surface area contributed by atoms with Gasteiger partial charge in [0, 0.05) is 23.3 Å². The van der Waals surface area contributed by atoms with Crippen LogP contribution in [0.5, 0.6) is 0 Å². The number of aromatic nitrogens is 3. The van der Waals surface area contributed by atoms with Crippen molar-refractivity contribution in [3.05, 3.63) is 90.1 Å². The number of fused-ring (bicyclic) bond motifs is 3. The lowest BCUT2D eigenvalue weighted by Crippen LogP contribution is -2.36. The van der Waals surface area contributed by atoms with Crippen LogP contribution in [0.1, 0.15) is 17.2 Å².